The van der Waals surface area contributed by atoms with Gasteiger partial charge in [0.05, 0.1) is 17.8 Å². The first-order valence-electron chi connectivity index (χ1n) is 5.13. The highest BCUT2D eigenvalue weighted by Crippen LogP contribution is 2.30. The molecule has 106 valence electrons. The summed E-state index contributed by atoms with van der Waals surface area (Å²) in [5, 5.41) is 18.4. The number of aromatic nitrogens is 2. The van der Waals surface area contributed by atoms with Crippen LogP contribution in [-0.2, 0) is 10.0 Å². The Bertz CT molecular complexity index is 561. The molecule has 1 rings (SSSR count). The molecule has 19 heavy (non-hydrogen) atoms. The molecule has 0 amide bonds. The number of sulfonamides is 1. The molecule has 0 spiro atoms. The topological polar surface area (TPSA) is 150 Å². The van der Waals surface area contributed by atoms with E-state index in [9.17, 15) is 18.5 Å². The minimum Gasteiger partial charge on any atom is -0.476 e. The van der Waals surface area contributed by atoms with Gasteiger partial charge in [-0.1, -0.05) is 0 Å². The van der Waals surface area contributed by atoms with Crippen molar-refractivity contribution in [3.63, 3.8) is 0 Å². The highest BCUT2D eigenvalue weighted by Gasteiger charge is 2.23. The van der Waals surface area contributed by atoms with Gasteiger partial charge < -0.3 is 10.1 Å². The zero-order valence-electron chi connectivity index (χ0n) is 10.1. The fraction of sp³-hybridized carbons (Fsp3) is 0.500. The lowest BCUT2D eigenvalue weighted by Gasteiger charge is -2.07. The third-order valence-corrected chi connectivity index (χ3v) is 2.92. The van der Waals surface area contributed by atoms with Gasteiger partial charge in [-0.05, 0) is 6.42 Å². The number of nitrogens with one attached hydrogen (secondary N) is 1. The standard InChI is InChI=1S/C8H13N5O5S/c1-18-8-6(13(14)15)7(11-5-12-8)10-3-2-4-19(9,16)17/h5H,2-4H2,1H3,(H2,9,16,17)(H,10,11,12). The molecule has 0 fully saturated rings. The van der Waals surface area contributed by atoms with Crippen molar-refractivity contribution in [1.82, 2.24) is 9.97 Å². The molecular weight excluding hydrogens is 278 g/mol. The van der Waals surface area contributed by atoms with Crippen LogP contribution in [0.1, 0.15) is 6.42 Å². The number of hydrogen-bond acceptors (Lipinski definition) is 8. The molecular formula is C8H13N5O5S. The Morgan fingerprint density at radius 3 is 2.74 bits per heavy atom. The molecule has 0 aliphatic rings. The van der Waals surface area contributed by atoms with E-state index >= 15 is 0 Å². The molecule has 0 aliphatic heterocycles. The van der Waals surface area contributed by atoms with Crippen LogP contribution >= 0.6 is 0 Å². The summed E-state index contributed by atoms with van der Waals surface area (Å²) in [7, 11) is -2.30. The number of primary sulfonamides is 1. The van der Waals surface area contributed by atoms with E-state index in [2.05, 4.69) is 15.3 Å². The lowest BCUT2D eigenvalue weighted by molar-refractivity contribution is -0.385. The van der Waals surface area contributed by atoms with Crippen LogP contribution in [0.15, 0.2) is 6.33 Å². The maximum absolute atomic E-state index is 10.9. The van der Waals surface area contributed by atoms with E-state index in [1.807, 2.05) is 0 Å². The Kier molecular flexibility index (Phi) is 4.94. The van der Waals surface area contributed by atoms with Gasteiger partial charge in [0, 0.05) is 6.54 Å². The number of nitrogens with two attached hydrogens (primary N) is 1. The molecule has 0 bridgehead atoms. The number of anilines is 1. The van der Waals surface area contributed by atoms with E-state index in [-0.39, 0.29) is 30.4 Å². The zero-order valence-corrected chi connectivity index (χ0v) is 10.9. The van der Waals surface area contributed by atoms with E-state index in [0.29, 0.717) is 0 Å². The number of nitro groups is 1. The predicted molar refractivity (Wildman–Crippen MR) is 66.3 cm³/mol. The first kappa shape index (κ1) is 15.0. The fourth-order valence-corrected chi connectivity index (χ4v) is 1.83. The summed E-state index contributed by atoms with van der Waals surface area (Å²) in [5.41, 5.74) is -0.402. The van der Waals surface area contributed by atoms with Gasteiger partial charge in [-0.3, -0.25) is 10.1 Å². The van der Waals surface area contributed by atoms with Crippen molar-refractivity contribution in [3.8, 4) is 5.88 Å². The zero-order chi connectivity index (χ0) is 14.5. The summed E-state index contributed by atoms with van der Waals surface area (Å²) in [5.74, 6) is -0.434. The van der Waals surface area contributed by atoms with Crippen molar-refractivity contribution >= 4 is 21.5 Å². The van der Waals surface area contributed by atoms with E-state index in [1.165, 1.54) is 7.11 Å². The molecule has 3 N–H and O–H groups in total. The van der Waals surface area contributed by atoms with Gasteiger partial charge in [-0.15, -0.1) is 0 Å². The van der Waals surface area contributed by atoms with Crippen molar-refractivity contribution < 1.29 is 18.1 Å². The van der Waals surface area contributed by atoms with Gasteiger partial charge in [0.15, 0.2) is 0 Å². The Labute approximate surface area is 109 Å². The molecule has 0 saturated heterocycles. The Morgan fingerprint density at radius 1 is 1.53 bits per heavy atom. The maximum Gasteiger partial charge on any atom is 0.372 e. The number of rotatable bonds is 7. The van der Waals surface area contributed by atoms with Crippen LogP contribution in [0.4, 0.5) is 11.5 Å². The fourth-order valence-electron chi connectivity index (χ4n) is 1.29. The largest absolute Gasteiger partial charge is 0.476 e. The average Bonchev–Trinajstić information content (AvgIpc) is 2.32. The molecule has 1 aromatic rings. The smallest absolute Gasteiger partial charge is 0.372 e. The summed E-state index contributed by atoms with van der Waals surface area (Å²) >= 11 is 0. The first-order valence-corrected chi connectivity index (χ1v) is 6.84. The monoisotopic (exact) mass is 291 g/mol. The second-order valence-electron chi connectivity index (χ2n) is 3.48. The van der Waals surface area contributed by atoms with Crippen LogP contribution in [0.5, 0.6) is 5.88 Å². The lowest BCUT2D eigenvalue weighted by Crippen LogP contribution is -2.19. The minimum atomic E-state index is -3.55. The normalized spacial score (nSPS) is 11.1. The first-order chi connectivity index (χ1) is 8.85. The molecule has 0 aliphatic carbocycles. The molecule has 1 aromatic heterocycles. The number of hydrogen-bond donors (Lipinski definition) is 2. The molecule has 0 atom stereocenters. The maximum atomic E-state index is 10.9. The summed E-state index contributed by atoms with van der Waals surface area (Å²) in [4.78, 5) is 17.5. The van der Waals surface area contributed by atoms with E-state index in [1.54, 1.807) is 0 Å². The quantitative estimate of drug-likeness (QED) is 0.387. The van der Waals surface area contributed by atoms with E-state index < -0.39 is 20.6 Å². The number of nitrogens with zero attached hydrogens (tertiary/aromatic N) is 3. The minimum absolute atomic E-state index is 0.0359. The second kappa shape index (κ2) is 6.24. The average molecular weight is 291 g/mol. The molecule has 10 nitrogen and oxygen atoms in total. The van der Waals surface area contributed by atoms with Gasteiger partial charge >= 0.3 is 5.69 Å². The van der Waals surface area contributed by atoms with E-state index in [0.717, 1.165) is 6.33 Å². The highest BCUT2D eigenvalue weighted by molar-refractivity contribution is 7.89. The summed E-state index contributed by atoms with van der Waals surface area (Å²) < 4.78 is 26.2. The molecule has 0 unspecified atom stereocenters. The van der Waals surface area contributed by atoms with Crippen molar-refractivity contribution in [3.05, 3.63) is 16.4 Å². The lowest BCUT2D eigenvalue weighted by atomic mass is 10.4. The summed E-state index contributed by atoms with van der Waals surface area (Å²) in [6.07, 6.45) is 1.30. The van der Waals surface area contributed by atoms with Gasteiger partial charge in [0.2, 0.25) is 15.8 Å². The van der Waals surface area contributed by atoms with Crippen molar-refractivity contribution in [2.24, 2.45) is 5.14 Å². The summed E-state index contributed by atoms with van der Waals surface area (Å²) in [6, 6.07) is 0. The second-order valence-corrected chi connectivity index (χ2v) is 5.22. The molecule has 1 heterocycles. The van der Waals surface area contributed by atoms with Crippen LogP contribution in [0.2, 0.25) is 0 Å². The molecule has 0 radical (unpaired) electrons. The number of methoxy groups -OCH3 is 1. The number of ether oxygens (including phenoxy) is 1. The molecule has 0 saturated carbocycles. The highest BCUT2D eigenvalue weighted by atomic mass is 32.2. The van der Waals surface area contributed by atoms with Crippen molar-refractivity contribution in [2.75, 3.05) is 24.7 Å². The Hall–Kier alpha value is -2.01. The van der Waals surface area contributed by atoms with Crippen molar-refractivity contribution in [1.29, 1.82) is 0 Å². The van der Waals surface area contributed by atoms with Crippen molar-refractivity contribution in [2.45, 2.75) is 6.42 Å². The third kappa shape index (κ3) is 4.63. The third-order valence-electron chi connectivity index (χ3n) is 2.06. The Balaban J connectivity index is 2.76. The van der Waals surface area contributed by atoms with Crippen LogP contribution in [-0.4, -0.2) is 42.7 Å². The van der Waals surface area contributed by atoms with Crippen LogP contribution in [0.3, 0.4) is 0 Å². The molecule has 11 heteroatoms. The van der Waals surface area contributed by atoms with Gasteiger partial charge in [0.1, 0.15) is 6.33 Å². The van der Waals surface area contributed by atoms with Crippen LogP contribution in [0, 0.1) is 10.1 Å². The Morgan fingerprint density at radius 2 is 2.21 bits per heavy atom. The van der Waals surface area contributed by atoms with Gasteiger partial charge in [-0.25, -0.2) is 18.5 Å². The summed E-state index contributed by atoms with van der Waals surface area (Å²) in [6.45, 7) is 0.164. The van der Waals surface area contributed by atoms with Gasteiger partial charge in [0.25, 0.3) is 5.88 Å². The van der Waals surface area contributed by atoms with Gasteiger partial charge in [-0.2, -0.15) is 4.98 Å². The predicted octanol–water partition coefficient (Wildman–Crippen LogP) is -0.516. The van der Waals surface area contributed by atoms with Crippen LogP contribution in [0.25, 0.3) is 0 Å². The molecule has 0 aromatic carbocycles. The van der Waals surface area contributed by atoms with E-state index in [4.69, 9.17) is 9.88 Å². The SMILES string of the molecule is COc1ncnc(NCCCS(N)(=O)=O)c1[N+](=O)[O-]. The van der Waals surface area contributed by atoms with Crippen LogP contribution < -0.4 is 15.2 Å².